The zero-order chi connectivity index (χ0) is 11.9. The zero-order valence-corrected chi connectivity index (χ0v) is 11.1. The molecule has 0 aliphatic carbocycles. The minimum atomic E-state index is 0.0751. The van der Waals surface area contributed by atoms with Crippen LogP contribution in [0.4, 0.5) is 0 Å². The van der Waals surface area contributed by atoms with Crippen LogP contribution in [-0.4, -0.2) is 15.6 Å². The Morgan fingerprint density at radius 1 is 1.44 bits per heavy atom. The predicted octanol–water partition coefficient (Wildman–Crippen LogP) is 3.58. The van der Waals surface area contributed by atoms with Crippen LogP contribution in [0.3, 0.4) is 0 Å². The number of hydrogen-bond acceptors (Lipinski definition) is 2. The first-order valence-corrected chi connectivity index (χ1v) is 5.98. The first-order valence-electron chi connectivity index (χ1n) is 5.19. The van der Waals surface area contributed by atoms with Gasteiger partial charge in [-0.15, -0.1) is 0 Å². The monoisotopic (exact) mass is 280 g/mol. The van der Waals surface area contributed by atoms with E-state index in [-0.39, 0.29) is 5.78 Å². The zero-order valence-electron chi connectivity index (χ0n) is 9.49. The number of rotatable bonds is 2. The molecule has 0 atom stereocenters. The van der Waals surface area contributed by atoms with Crippen LogP contribution in [0.15, 0.2) is 22.8 Å². The van der Waals surface area contributed by atoms with Crippen molar-refractivity contribution in [3.8, 4) is 0 Å². The fourth-order valence-corrected chi connectivity index (χ4v) is 2.20. The maximum atomic E-state index is 11.3. The van der Waals surface area contributed by atoms with Gasteiger partial charge in [-0.25, -0.2) is 0 Å². The van der Waals surface area contributed by atoms with Crippen molar-refractivity contribution in [2.45, 2.75) is 26.8 Å². The second-order valence-corrected chi connectivity index (χ2v) is 4.87. The van der Waals surface area contributed by atoms with Gasteiger partial charge in [-0.05, 0) is 54.9 Å². The molecule has 0 fully saturated rings. The van der Waals surface area contributed by atoms with Gasteiger partial charge in [0.25, 0.3) is 0 Å². The summed E-state index contributed by atoms with van der Waals surface area (Å²) in [7, 11) is 0. The summed E-state index contributed by atoms with van der Waals surface area (Å²) in [5, 5.41) is 5.40. The molecule has 0 bridgehead atoms. The van der Waals surface area contributed by atoms with Crippen molar-refractivity contribution in [3.63, 3.8) is 0 Å². The average Bonchev–Trinajstić information content (AvgIpc) is 2.56. The lowest BCUT2D eigenvalue weighted by Gasteiger charge is -2.06. The largest absolute Gasteiger partial charge is 0.295 e. The molecule has 3 nitrogen and oxygen atoms in total. The highest BCUT2D eigenvalue weighted by Crippen LogP contribution is 2.26. The second kappa shape index (κ2) is 4.01. The number of carbonyl (C=O) groups is 1. The SMILES string of the molecule is CC(=O)c1ccc2c(c1)c(Br)nn2C(C)C. The molecule has 0 aliphatic rings. The molecule has 0 unspecified atom stereocenters. The number of benzene rings is 1. The Balaban J connectivity index is 2.71. The minimum absolute atomic E-state index is 0.0751. The van der Waals surface area contributed by atoms with Crippen molar-refractivity contribution < 1.29 is 4.79 Å². The third-order valence-electron chi connectivity index (χ3n) is 2.56. The molecule has 2 aromatic rings. The van der Waals surface area contributed by atoms with E-state index in [0.717, 1.165) is 21.1 Å². The fourth-order valence-electron chi connectivity index (χ4n) is 1.72. The van der Waals surface area contributed by atoms with Crippen LogP contribution in [0, 0.1) is 0 Å². The molecule has 1 aromatic heterocycles. The molecule has 0 amide bonds. The summed E-state index contributed by atoms with van der Waals surface area (Å²) in [5.74, 6) is 0.0751. The molecule has 0 aliphatic heterocycles. The van der Waals surface area contributed by atoms with Gasteiger partial charge in [-0.3, -0.25) is 9.48 Å². The summed E-state index contributed by atoms with van der Waals surface area (Å²) in [6.45, 7) is 5.73. The summed E-state index contributed by atoms with van der Waals surface area (Å²) in [5.41, 5.74) is 1.77. The maximum absolute atomic E-state index is 11.3. The van der Waals surface area contributed by atoms with Crippen LogP contribution < -0.4 is 0 Å². The Kier molecular flexibility index (Phi) is 2.84. The van der Waals surface area contributed by atoms with E-state index in [1.807, 2.05) is 22.9 Å². The van der Waals surface area contributed by atoms with E-state index in [4.69, 9.17) is 0 Å². The Morgan fingerprint density at radius 3 is 2.69 bits per heavy atom. The molecule has 0 saturated heterocycles. The molecular weight excluding hydrogens is 268 g/mol. The molecular formula is C12H13BrN2O. The smallest absolute Gasteiger partial charge is 0.159 e. The highest BCUT2D eigenvalue weighted by atomic mass is 79.9. The summed E-state index contributed by atoms with van der Waals surface area (Å²) >= 11 is 3.43. The van der Waals surface area contributed by atoms with E-state index in [2.05, 4.69) is 34.9 Å². The molecule has 2 rings (SSSR count). The Hall–Kier alpha value is -1.16. The number of Topliss-reactive ketones (excluding diaryl/α,β-unsaturated/α-hetero) is 1. The van der Waals surface area contributed by atoms with Crippen molar-refractivity contribution in [1.82, 2.24) is 9.78 Å². The second-order valence-electron chi connectivity index (χ2n) is 4.12. The van der Waals surface area contributed by atoms with E-state index in [9.17, 15) is 4.79 Å². The van der Waals surface area contributed by atoms with E-state index >= 15 is 0 Å². The van der Waals surface area contributed by atoms with Crippen LogP contribution in [0.5, 0.6) is 0 Å². The highest BCUT2D eigenvalue weighted by molar-refractivity contribution is 9.10. The Morgan fingerprint density at radius 2 is 2.12 bits per heavy atom. The van der Waals surface area contributed by atoms with E-state index in [1.54, 1.807) is 6.92 Å². The molecule has 4 heteroatoms. The van der Waals surface area contributed by atoms with Gasteiger partial charge in [-0.1, -0.05) is 0 Å². The van der Waals surface area contributed by atoms with Gasteiger partial charge in [0, 0.05) is 17.0 Å². The number of hydrogen-bond donors (Lipinski definition) is 0. The van der Waals surface area contributed by atoms with Crippen molar-refractivity contribution in [2.75, 3.05) is 0 Å². The van der Waals surface area contributed by atoms with E-state index in [0.29, 0.717) is 6.04 Å². The average molecular weight is 281 g/mol. The number of halogens is 1. The van der Waals surface area contributed by atoms with Gasteiger partial charge in [-0.2, -0.15) is 5.10 Å². The van der Waals surface area contributed by atoms with Crippen molar-refractivity contribution in [3.05, 3.63) is 28.4 Å². The van der Waals surface area contributed by atoms with Gasteiger partial charge in [0.15, 0.2) is 5.78 Å². The van der Waals surface area contributed by atoms with Gasteiger partial charge in [0.05, 0.1) is 5.52 Å². The molecule has 0 N–H and O–H groups in total. The highest BCUT2D eigenvalue weighted by Gasteiger charge is 2.12. The molecule has 1 heterocycles. The van der Waals surface area contributed by atoms with Crippen molar-refractivity contribution in [2.24, 2.45) is 0 Å². The lowest BCUT2D eigenvalue weighted by molar-refractivity contribution is 0.101. The molecule has 84 valence electrons. The fraction of sp³-hybridized carbons (Fsp3) is 0.333. The third-order valence-corrected chi connectivity index (χ3v) is 3.14. The first kappa shape index (κ1) is 11.3. The van der Waals surface area contributed by atoms with E-state index in [1.165, 1.54) is 0 Å². The van der Waals surface area contributed by atoms with E-state index < -0.39 is 0 Å². The topological polar surface area (TPSA) is 34.9 Å². The standard InChI is InChI=1S/C12H13BrN2O/c1-7(2)15-11-5-4-9(8(3)16)6-10(11)12(13)14-15/h4-7H,1-3H3. The van der Waals surface area contributed by atoms with Gasteiger partial charge >= 0.3 is 0 Å². The number of aromatic nitrogens is 2. The number of nitrogens with zero attached hydrogens (tertiary/aromatic N) is 2. The first-order chi connectivity index (χ1) is 7.50. The lowest BCUT2D eigenvalue weighted by atomic mass is 10.1. The number of ketones is 1. The summed E-state index contributed by atoms with van der Waals surface area (Å²) < 4.78 is 2.74. The summed E-state index contributed by atoms with van der Waals surface area (Å²) in [6, 6.07) is 5.98. The third kappa shape index (κ3) is 1.78. The van der Waals surface area contributed by atoms with Crippen LogP contribution in [0.25, 0.3) is 10.9 Å². The van der Waals surface area contributed by atoms with Crippen molar-refractivity contribution in [1.29, 1.82) is 0 Å². The normalized spacial score (nSPS) is 11.3. The Bertz CT molecular complexity index is 557. The summed E-state index contributed by atoms with van der Waals surface area (Å²) in [6.07, 6.45) is 0. The molecule has 16 heavy (non-hydrogen) atoms. The van der Waals surface area contributed by atoms with Gasteiger partial charge in [0.2, 0.25) is 0 Å². The minimum Gasteiger partial charge on any atom is -0.295 e. The molecule has 0 radical (unpaired) electrons. The van der Waals surface area contributed by atoms with Crippen LogP contribution in [-0.2, 0) is 0 Å². The number of carbonyl (C=O) groups excluding carboxylic acids is 1. The van der Waals surface area contributed by atoms with Crippen LogP contribution >= 0.6 is 15.9 Å². The van der Waals surface area contributed by atoms with Gasteiger partial charge < -0.3 is 0 Å². The Labute approximate surface area is 103 Å². The quantitative estimate of drug-likeness (QED) is 0.788. The number of fused-ring (bicyclic) bond motifs is 1. The molecule has 0 spiro atoms. The lowest BCUT2D eigenvalue weighted by Crippen LogP contribution is -2.02. The maximum Gasteiger partial charge on any atom is 0.159 e. The van der Waals surface area contributed by atoms with Gasteiger partial charge in [0.1, 0.15) is 4.60 Å². The molecule has 1 aromatic carbocycles. The van der Waals surface area contributed by atoms with Crippen LogP contribution in [0.1, 0.15) is 37.2 Å². The molecule has 0 saturated carbocycles. The van der Waals surface area contributed by atoms with Crippen LogP contribution in [0.2, 0.25) is 0 Å². The summed E-state index contributed by atoms with van der Waals surface area (Å²) in [4.78, 5) is 11.3. The van der Waals surface area contributed by atoms with Crippen molar-refractivity contribution >= 4 is 32.6 Å². The predicted molar refractivity (Wildman–Crippen MR) is 67.8 cm³/mol.